The molecule has 1 aliphatic heterocycles. The lowest BCUT2D eigenvalue weighted by Gasteiger charge is -2.23. The zero-order chi connectivity index (χ0) is 8.97. The molecule has 2 nitrogen and oxygen atoms in total. The number of likely N-dealkylation sites (tertiary alicyclic amines) is 1. The minimum absolute atomic E-state index is 0.101. The van der Waals surface area contributed by atoms with Crippen LogP contribution in [0.4, 0.5) is 0 Å². The van der Waals surface area contributed by atoms with Crippen molar-refractivity contribution in [3.05, 3.63) is 0 Å². The van der Waals surface area contributed by atoms with Gasteiger partial charge in [0.2, 0.25) is 0 Å². The number of β-amino-alcohol motifs (C(OH)–C–C–N with tert-alkyl or cyclic N) is 1. The van der Waals surface area contributed by atoms with Gasteiger partial charge in [-0.25, -0.2) is 0 Å². The summed E-state index contributed by atoms with van der Waals surface area (Å²) in [5.41, 5.74) is 0. The molecule has 2 unspecified atom stereocenters. The fourth-order valence-electron chi connectivity index (χ4n) is 1.96. The van der Waals surface area contributed by atoms with E-state index in [0.29, 0.717) is 6.04 Å². The Labute approximate surface area is 75.6 Å². The molecule has 1 fully saturated rings. The lowest BCUT2D eigenvalue weighted by molar-refractivity contribution is 0.102. The van der Waals surface area contributed by atoms with Gasteiger partial charge in [-0.3, -0.25) is 4.90 Å². The van der Waals surface area contributed by atoms with Gasteiger partial charge in [0, 0.05) is 12.6 Å². The van der Waals surface area contributed by atoms with Crippen molar-refractivity contribution in [3.8, 4) is 0 Å². The van der Waals surface area contributed by atoms with Crippen molar-refractivity contribution in [1.29, 1.82) is 0 Å². The summed E-state index contributed by atoms with van der Waals surface area (Å²) in [7, 11) is 0. The molecule has 0 radical (unpaired) electrons. The van der Waals surface area contributed by atoms with E-state index in [1.54, 1.807) is 0 Å². The van der Waals surface area contributed by atoms with Gasteiger partial charge in [-0.1, -0.05) is 13.3 Å². The molecule has 1 rings (SSSR count). The highest BCUT2D eigenvalue weighted by molar-refractivity contribution is 4.77. The van der Waals surface area contributed by atoms with E-state index in [0.717, 1.165) is 19.4 Å². The first kappa shape index (κ1) is 10.0. The predicted molar refractivity (Wildman–Crippen MR) is 51.2 cm³/mol. The van der Waals surface area contributed by atoms with Crippen LogP contribution in [0, 0.1) is 0 Å². The van der Waals surface area contributed by atoms with Gasteiger partial charge in [0.05, 0.1) is 6.10 Å². The highest BCUT2D eigenvalue weighted by Gasteiger charge is 2.21. The Hall–Kier alpha value is -0.0800. The molecule has 0 aromatic heterocycles. The van der Waals surface area contributed by atoms with Gasteiger partial charge < -0.3 is 5.11 Å². The molecule has 1 N–H and O–H groups in total. The number of hydrogen-bond donors (Lipinski definition) is 1. The average molecular weight is 171 g/mol. The quantitative estimate of drug-likeness (QED) is 0.695. The average Bonchev–Trinajstić information content (AvgIpc) is 2.37. The Balaban J connectivity index is 2.20. The van der Waals surface area contributed by atoms with Crippen molar-refractivity contribution >= 4 is 0 Å². The molecule has 0 saturated carbocycles. The van der Waals surface area contributed by atoms with Gasteiger partial charge in [0.25, 0.3) is 0 Å². The second-order valence-electron chi connectivity index (χ2n) is 3.93. The summed E-state index contributed by atoms with van der Waals surface area (Å²) in [4.78, 5) is 2.40. The van der Waals surface area contributed by atoms with Crippen molar-refractivity contribution in [2.24, 2.45) is 0 Å². The maximum absolute atomic E-state index is 9.59. The maximum Gasteiger partial charge on any atom is 0.0667 e. The van der Waals surface area contributed by atoms with Crippen LogP contribution >= 0.6 is 0 Å². The minimum Gasteiger partial charge on any atom is -0.392 e. The molecule has 1 heterocycles. The standard InChI is InChI=1S/C10H21NO/c1-3-5-10(12)8-11-7-4-6-9(11)2/h9-10,12H,3-8H2,1-2H3. The van der Waals surface area contributed by atoms with Gasteiger partial charge in [-0.15, -0.1) is 0 Å². The van der Waals surface area contributed by atoms with Crippen molar-refractivity contribution in [1.82, 2.24) is 4.90 Å². The summed E-state index contributed by atoms with van der Waals surface area (Å²) in [6.07, 6.45) is 4.54. The molecule has 0 aromatic rings. The van der Waals surface area contributed by atoms with Gasteiger partial charge in [0.1, 0.15) is 0 Å². The van der Waals surface area contributed by atoms with Crippen LogP contribution < -0.4 is 0 Å². The van der Waals surface area contributed by atoms with Crippen LogP contribution in [-0.4, -0.2) is 35.2 Å². The molecule has 72 valence electrons. The highest BCUT2D eigenvalue weighted by atomic mass is 16.3. The van der Waals surface area contributed by atoms with E-state index >= 15 is 0 Å². The van der Waals surface area contributed by atoms with E-state index < -0.39 is 0 Å². The van der Waals surface area contributed by atoms with Crippen LogP contribution in [0.3, 0.4) is 0 Å². The lowest BCUT2D eigenvalue weighted by atomic mass is 10.2. The minimum atomic E-state index is -0.101. The Morgan fingerprint density at radius 2 is 2.33 bits per heavy atom. The number of aliphatic hydroxyl groups is 1. The number of nitrogens with zero attached hydrogens (tertiary/aromatic N) is 1. The lowest BCUT2D eigenvalue weighted by Crippen LogP contribution is -2.34. The second kappa shape index (κ2) is 4.83. The molecule has 0 bridgehead atoms. The zero-order valence-corrected chi connectivity index (χ0v) is 8.29. The normalized spacial score (nSPS) is 27.8. The third-order valence-corrected chi connectivity index (χ3v) is 2.76. The molecular weight excluding hydrogens is 150 g/mol. The predicted octanol–water partition coefficient (Wildman–Crippen LogP) is 1.63. The highest BCUT2D eigenvalue weighted by Crippen LogP contribution is 2.16. The Bertz CT molecular complexity index is 127. The molecule has 0 amide bonds. The van der Waals surface area contributed by atoms with Crippen molar-refractivity contribution in [2.75, 3.05) is 13.1 Å². The Kier molecular flexibility index (Phi) is 4.02. The van der Waals surface area contributed by atoms with Crippen molar-refractivity contribution < 1.29 is 5.11 Å². The first-order chi connectivity index (χ1) is 5.74. The largest absolute Gasteiger partial charge is 0.392 e. The summed E-state index contributed by atoms with van der Waals surface area (Å²) in [5.74, 6) is 0. The smallest absolute Gasteiger partial charge is 0.0667 e. The van der Waals surface area contributed by atoms with Crippen molar-refractivity contribution in [3.63, 3.8) is 0 Å². The molecule has 2 heteroatoms. The van der Waals surface area contributed by atoms with Crippen LogP contribution in [0.1, 0.15) is 39.5 Å². The van der Waals surface area contributed by atoms with Crippen LogP contribution in [0.25, 0.3) is 0 Å². The van der Waals surface area contributed by atoms with Crippen LogP contribution in [0.15, 0.2) is 0 Å². The third-order valence-electron chi connectivity index (χ3n) is 2.76. The molecule has 1 saturated heterocycles. The van der Waals surface area contributed by atoms with Crippen LogP contribution in [0.2, 0.25) is 0 Å². The monoisotopic (exact) mass is 171 g/mol. The Morgan fingerprint density at radius 3 is 2.83 bits per heavy atom. The van der Waals surface area contributed by atoms with Crippen molar-refractivity contribution in [2.45, 2.75) is 51.7 Å². The summed E-state index contributed by atoms with van der Waals surface area (Å²) in [6, 6.07) is 0.691. The van der Waals surface area contributed by atoms with Crippen LogP contribution in [-0.2, 0) is 0 Å². The molecule has 12 heavy (non-hydrogen) atoms. The van der Waals surface area contributed by atoms with E-state index in [1.807, 2.05) is 0 Å². The van der Waals surface area contributed by atoms with Gasteiger partial charge in [0.15, 0.2) is 0 Å². The topological polar surface area (TPSA) is 23.5 Å². The van der Waals surface area contributed by atoms with Crippen LogP contribution in [0.5, 0.6) is 0 Å². The number of aliphatic hydroxyl groups excluding tert-OH is 1. The summed E-state index contributed by atoms with van der Waals surface area (Å²) < 4.78 is 0. The van der Waals surface area contributed by atoms with E-state index in [4.69, 9.17) is 0 Å². The van der Waals surface area contributed by atoms with E-state index in [9.17, 15) is 5.11 Å². The summed E-state index contributed by atoms with van der Waals surface area (Å²) in [6.45, 7) is 6.44. The molecule has 2 atom stereocenters. The molecule has 1 aliphatic rings. The first-order valence-corrected chi connectivity index (χ1v) is 5.16. The Morgan fingerprint density at radius 1 is 1.58 bits per heavy atom. The van der Waals surface area contributed by atoms with Gasteiger partial charge in [-0.05, 0) is 32.7 Å². The maximum atomic E-state index is 9.59. The van der Waals surface area contributed by atoms with E-state index in [2.05, 4.69) is 18.7 Å². The fraction of sp³-hybridized carbons (Fsp3) is 1.00. The molecule has 0 spiro atoms. The third kappa shape index (κ3) is 2.76. The zero-order valence-electron chi connectivity index (χ0n) is 8.29. The van der Waals surface area contributed by atoms with Gasteiger partial charge in [-0.2, -0.15) is 0 Å². The first-order valence-electron chi connectivity index (χ1n) is 5.16. The van der Waals surface area contributed by atoms with E-state index in [-0.39, 0.29) is 6.10 Å². The fourth-order valence-corrected chi connectivity index (χ4v) is 1.96. The number of rotatable bonds is 4. The molecule has 0 aliphatic carbocycles. The molecule has 0 aromatic carbocycles. The summed E-state index contributed by atoms with van der Waals surface area (Å²) in [5, 5.41) is 9.59. The van der Waals surface area contributed by atoms with Gasteiger partial charge >= 0.3 is 0 Å². The second-order valence-corrected chi connectivity index (χ2v) is 3.93. The molecular formula is C10H21NO. The SMILES string of the molecule is CCCC(O)CN1CCCC1C. The number of hydrogen-bond acceptors (Lipinski definition) is 2. The van der Waals surface area contributed by atoms with E-state index in [1.165, 1.54) is 19.4 Å². The summed E-state index contributed by atoms with van der Waals surface area (Å²) >= 11 is 0.